The van der Waals surface area contributed by atoms with Crippen molar-refractivity contribution in [1.29, 1.82) is 0 Å². The summed E-state index contributed by atoms with van der Waals surface area (Å²) in [6.07, 6.45) is -4.39. The molecule has 12 heavy (non-hydrogen) atoms. The van der Waals surface area contributed by atoms with Gasteiger partial charge < -0.3 is 0 Å². The van der Waals surface area contributed by atoms with Crippen molar-refractivity contribution < 1.29 is 13.2 Å². The van der Waals surface area contributed by atoms with E-state index in [0.717, 1.165) is 0 Å². The Balaban J connectivity index is 3.28. The van der Waals surface area contributed by atoms with Gasteiger partial charge >= 0.3 is 6.18 Å². The second-order valence-corrected chi connectivity index (χ2v) is 3.89. The van der Waals surface area contributed by atoms with Gasteiger partial charge in [-0.25, -0.2) is 0 Å². The van der Waals surface area contributed by atoms with Gasteiger partial charge in [-0.15, -0.1) is 0 Å². The molecule has 1 rings (SSSR count). The lowest BCUT2D eigenvalue weighted by atomic mass is 10.4. The molecule has 0 amide bonds. The van der Waals surface area contributed by atoms with E-state index in [9.17, 15) is 13.2 Å². The monoisotopic (exact) mass is 354 g/mol. The standard InChI is InChI=1S/C5H3BrF3IN2/c1-12-4(10)2(6)3(11-12)5(7,8)9/h1H3. The summed E-state index contributed by atoms with van der Waals surface area (Å²) in [5, 5.41) is 3.32. The molecule has 0 atom stereocenters. The Morgan fingerprint density at radius 1 is 1.50 bits per heavy atom. The number of aryl methyl sites for hydroxylation is 1. The predicted molar refractivity (Wildman–Crippen MR) is 48.6 cm³/mol. The summed E-state index contributed by atoms with van der Waals surface area (Å²) in [6.45, 7) is 0. The van der Waals surface area contributed by atoms with E-state index in [4.69, 9.17) is 0 Å². The first-order valence-corrected chi connectivity index (χ1v) is 4.66. The van der Waals surface area contributed by atoms with Gasteiger partial charge in [0.1, 0.15) is 3.70 Å². The lowest BCUT2D eigenvalue weighted by Gasteiger charge is -2.00. The van der Waals surface area contributed by atoms with Crippen molar-refractivity contribution >= 4 is 38.5 Å². The molecule has 0 aliphatic carbocycles. The smallest absolute Gasteiger partial charge is 0.261 e. The molecule has 1 aromatic heterocycles. The molecular formula is C5H3BrF3IN2. The Morgan fingerprint density at radius 2 is 2.00 bits per heavy atom. The van der Waals surface area contributed by atoms with Gasteiger partial charge in [-0.05, 0) is 38.5 Å². The van der Waals surface area contributed by atoms with Crippen LogP contribution in [0.4, 0.5) is 13.2 Å². The molecule has 0 radical (unpaired) electrons. The van der Waals surface area contributed by atoms with Crippen LogP contribution in [0.3, 0.4) is 0 Å². The first-order valence-electron chi connectivity index (χ1n) is 2.79. The quantitative estimate of drug-likeness (QED) is 0.655. The molecule has 0 fully saturated rings. The van der Waals surface area contributed by atoms with Crippen molar-refractivity contribution in [2.24, 2.45) is 7.05 Å². The number of nitrogens with zero attached hydrogens (tertiary/aromatic N) is 2. The average molecular weight is 355 g/mol. The zero-order chi connectivity index (χ0) is 9.52. The third-order valence-corrected chi connectivity index (χ3v) is 3.92. The fourth-order valence-corrected chi connectivity index (χ4v) is 1.58. The number of alkyl halides is 3. The van der Waals surface area contributed by atoms with E-state index in [1.807, 2.05) is 0 Å². The van der Waals surface area contributed by atoms with E-state index in [-0.39, 0.29) is 4.47 Å². The fourth-order valence-electron chi connectivity index (χ4n) is 0.659. The third-order valence-electron chi connectivity index (χ3n) is 1.19. The molecule has 1 heterocycles. The highest BCUT2D eigenvalue weighted by molar-refractivity contribution is 14.1. The summed E-state index contributed by atoms with van der Waals surface area (Å²) in [7, 11) is 1.46. The fraction of sp³-hybridized carbons (Fsp3) is 0.400. The van der Waals surface area contributed by atoms with E-state index in [2.05, 4.69) is 21.0 Å². The SMILES string of the molecule is Cn1nc(C(F)(F)F)c(Br)c1I. The van der Waals surface area contributed by atoms with Crippen LogP contribution in [-0.4, -0.2) is 9.78 Å². The van der Waals surface area contributed by atoms with Gasteiger partial charge in [-0.3, -0.25) is 4.68 Å². The second-order valence-electron chi connectivity index (χ2n) is 2.07. The summed E-state index contributed by atoms with van der Waals surface area (Å²) in [4.78, 5) is 0. The van der Waals surface area contributed by atoms with E-state index >= 15 is 0 Å². The molecule has 0 unspecified atom stereocenters. The van der Waals surface area contributed by atoms with Gasteiger partial charge in [-0.1, -0.05) is 0 Å². The Labute approximate surface area is 88.4 Å². The largest absolute Gasteiger partial charge is 0.436 e. The first kappa shape index (κ1) is 10.3. The molecule has 0 saturated heterocycles. The zero-order valence-corrected chi connectivity index (χ0v) is 9.53. The number of rotatable bonds is 0. The summed E-state index contributed by atoms with van der Waals surface area (Å²) in [6, 6.07) is 0. The van der Waals surface area contributed by atoms with Crippen LogP contribution in [0.25, 0.3) is 0 Å². The Bertz CT molecular complexity index is 306. The molecule has 0 aromatic carbocycles. The lowest BCUT2D eigenvalue weighted by Crippen LogP contribution is -2.07. The van der Waals surface area contributed by atoms with Crippen LogP contribution in [0.5, 0.6) is 0 Å². The summed E-state index contributed by atoms with van der Waals surface area (Å²) >= 11 is 4.61. The lowest BCUT2D eigenvalue weighted by molar-refractivity contribution is -0.142. The van der Waals surface area contributed by atoms with Crippen molar-refractivity contribution in [3.05, 3.63) is 13.9 Å². The molecular weight excluding hydrogens is 352 g/mol. The molecule has 0 N–H and O–H groups in total. The van der Waals surface area contributed by atoms with E-state index < -0.39 is 11.9 Å². The van der Waals surface area contributed by atoms with Crippen LogP contribution in [0.15, 0.2) is 4.47 Å². The van der Waals surface area contributed by atoms with E-state index in [1.165, 1.54) is 11.7 Å². The summed E-state index contributed by atoms with van der Waals surface area (Å²) < 4.78 is 38.0. The van der Waals surface area contributed by atoms with Gasteiger partial charge in [0.25, 0.3) is 0 Å². The molecule has 1 aromatic rings. The van der Waals surface area contributed by atoms with Crippen molar-refractivity contribution in [2.45, 2.75) is 6.18 Å². The van der Waals surface area contributed by atoms with Crippen LogP contribution >= 0.6 is 38.5 Å². The predicted octanol–water partition coefficient (Wildman–Crippen LogP) is 2.81. The highest BCUT2D eigenvalue weighted by Crippen LogP contribution is 2.35. The van der Waals surface area contributed by atoms with Crippen LogP contribution in [0.1, 0.15) is 5.69 Å². The van der Waals surface area contributed by atoms with Gasteiger partial charge in [0.05, 0.1) is 4.47 Å². The zero-order valence-electron chi connectivity index (χ0n) is 5.78. The molecule has 0 spiro atoms. The number of hydrogen-bond acceptors (Lipinski definition) is 1. The number of hydrogen-bond donors (Lipinski definition) is 0. The maximum Gasteiger partial charge on any atom is 0.436 e. The highest BCUT2D eigenvalue weighted by atomic mass is 127. The topological polar surface area (TPSA) is 17.8 Å². The van der Waals surface area contributed by atoms with Crippen molar-refractivity contribution in [3.63, 3.8) is 0 Å². The van der Waals surface area contributed by atoms with Gasteiger partial charge in [-0.2, -0.15) is 18.3 Å². The van der Waals surface area contributed by atoms with Crippen LogP contribution < -0.4 is 0 Å². The first-order chi connectivity index (χ1) is 5.34. The second kappa shape index (κ2) is 3.17. The average Bonchev–Trinajstić information content (AvgIpc) is 2.15. The minimum atomic E-state index is -4.39. The van der Waals surface area contributed by atoms with Crippen LogP contribution in [0, 0.1) is 3.70 Å². The molecule has 0 aliphatic heterocycles. The minimum Gasteiger partial charge on any atom is -0.261 e. The molecule has 0 saturated carbocycles. The highest BCUT2D eigenvalue weighted by Gasteiger charge is 2.37. The van der Waals surface area contributed by atoms with E-state index in [1.54, 1.807) is 22.6 Å². The maximum atomic E-state index is 12.1. The van der Waals surface area contributed by atoms with Crippen LogP contribution in [-0.2, 0) is 13.2 Å². The minimum absolute atomic E-state index is 0.00176. The normalized spacial score (nSPS) is 12.2. The summed E-state index contributed by atoms with van der Waals surface area (Å²) in [5.74, 6) is 0. The van der Waals surface area contributed by atoms with Crippen LogP contribution in [0.2, 0.25) is 0 Å². The third kappa shape index (κ3) is 1.76. The molecule has 68 valence electrons. The Kier molecular flexibility index (Phi) is 2.72. The van der Waals surface area contributed by atoms with Gasteiger partial charge in [0, 0.05) is 7.05 Å². The number of halogens is 5. The van der Waals surface area contributed by atoms with Gasteiger partial charge in [0.2, 0.25) is 0 Å². The molecule has 0 bridgehead atoms. The molecule has 7 heteroatoms. The van der Waals surface area contributed by atoms with Crippen molar-refractivity contribution in [3.8, 4) is 0 Å². The summed E-state index contributed by atoms with van der Waals surface area (Å²) in [5.41, 5.74) is -0.880. The van der Waals surface area contributed by atoms with Crippen molar-refractivity contribution in [2.75, 3.05) is 0 Å². The van der Waals surface area contributed by atoms with Gasteiger partial charge in [0.15, 0.2) is 5.69 Å². The maximum absolute atomic E-state index is 12.1. The Hall–Kier alpha value is 0.210. The van der Waals surface area contributed by atoms with E-state index in [0.29, 0.717) is 3.70 Å². The molecule has 0 aliphatic rings. The van der Waals surface area contributed by atoms with Crippen molar-refractivity contribution in [1.82, 2.24) is 9.78 Å². The number of aromatic nitrogens is 2. The molecule has 2 nitrogen and oxygen atoms in total. The Morgan fingerprint density at radius 3 is 2.17 bits per heavy atom.